The van der Waals surface area contributed by atoms with E-state index in [1.165, 1.54) is 0 Å². The van der Waals surface area contributed by atoms with Crippen LogP contribution in [0, 0.1) is 0 Å². The van der Waals surface area contributed by atoms with Crippen molar-refractivity contribution in [1.82, 2.24) is 20.9 Å². The van der Waals surface area contributed by atoms with E-state index in [9.17, 15) is 18.0 Å². The van der Waals surface area contributed by atoms with Crippen molar-refractivity contribution < 1.29 is 18.0 Å². The quantitative estimate of drug-likeness (QED) is 0.253. The number of nitrogens with zero attached hydrogens (tertiary/aromatic N) is 2. The molecule has 0 saturated heterocycles. The van der Waals surface area contributed by atoms with Crippen molar-refractivity contribution in [3.63, 3.8) is 0 Å². The molecule has 0 saturated carbocycles. The van der Waals surface area contributed by atoms with E-state index >= 15 is 0 Å². The van der Waals surface area contributed by atoms with Crippen LogP contribution in [0.5, 0.6) is 0 Å². The molecule has 1 aromatic heterocycles. The smallest absolute Gasteiger partial charge is 0.356 e. The molecule has 0 spiro atoms. The van der Waals surface area contributed by atoms with Crippen molar-refractivity contribution in [2.24, 2.45) is 4.99 Å². The average molecular weight is 569 g/mol. The van der Waals surface area contributed by atoms with Gasteiger partial charge in [-0.15, -0.1) is 35.3 Å². The monoisotopic (exact) mass is 569 g/mol. The normalized spacial score (nSPS) is 12.6. The molecule has 0 bridgehead atoms. The number of hydrogen-bond acceptors (Lipinski definition) is 4. The number of aromatic nitrogens is 1. The third kappa shape index (κ3) is 9.01. The molecular weight excluding hydrogens is 542 g/mol. The largest absolute Gasteiger partial charge is 0.434 e. The van der Waals surface area contributed by atoms with Crippen LogP contribution in [-0.4, -0.2) is 36.5 Å². The van der Waals surface area contributed by atoms with E-state index in [2.05, 4.69) is 25.9 Å². The minimum Gasteiger partial charge on any atom is -0.356 e. The first-order chi connectivity index (χ1) is 14.2. The summed E-state index contributed by atoms with van der Waals surface area (Å²) in [6.45, 7) is 4.80. The number of rotatable bonds is 8. The molecule has 172 valence electrons. The van der Waals surface area contributed by atoms with Crippen LogP contribution < -0.4 is 16.0 Å². The maximum Gasteiger partial charge on any atom is 0.434 e. The van der Waals surface area contributed by atoms with Gasteiger partial charge in [-0.3, -0.25) is 9.79 Å². The van der Waals surface area contributed by atoms with Gasteiger partial charge in [-0.25, -0.2) is 4.98 Å². The molecule has 2 rings (SSSR count). The number of carbonyl (C=O) groups excluding carboxylic acids is 1. The Morgan fingerprint density at radius 2 is 2.03 bits per heavy atom. The number of carbonyl (C=O) groups is 1. The van der Waals surface area contributed by atoms with E-state index in [4.69, 9.17) is 0 Å². The van der Waals surface area contributed by atoms with E-state index in [0.29, 0.717) is 36.0 Å². The molecular formula is C20H27F3IN5OS. The van der Waals surface area contributed by atoms with Crippen molar-refractivity contribution in [1.29, 1.82) is 0 Å². The van der Waals surface area contributed by atoms with Gasteiger partial charge >= 0.3 is 6.18 Å². The van der Waals surface area contributed by atoms with Crippen molar-refractivity contribution in [2.75, 3.05) is 13.6 Å². The van der Waals surface area contributed by atoms with Crippen LogP contribution in [0.3, 0.4) is 0 Å². The fourth-order valence-electron chi connectivity index (χ4n) is 2.48. The maximum absolute atomic E-state index is 12.6. The summed E-state index contributed by atoms with van der Waals surface area (Å²) in [6.07, 6.45) is -3.21. The Balaban J connectivity index is 0.00000480. The number of guanidine groups is 1. The number of alkyl halides is 3. The summed E-state index contributed by atoms with van der Waals surface area (Å²) in [6, 6.07) is 7.39. The lowest BCUT2D eigenvalue weighted by atomic mass is 10.1. The van der Waals surface area contributed by atoms with Gasteiger partial charge in [0.15, 0.2) is 11.7 Å². The van der Waals surface area contributed by atoms with Gasteiger partial charge in [-0.05, 0) is 31.0 Å². The molecule has 0 aliphatic rings. The zero-order valence-electron chi connectivity index (χ0n) is 17.5. The van der Waals surface area contributed by atoms with Crippen LogP contribution in [-0.2, 0) is 19.1 Å². The molecule has 1 amide bonds. The number of nitrogens with one attached hydrogen (secondary N) is 3. The molecule has 1 atom stereocenters. The summed E-state index contributed by atoms with van der Waals surface area (Å²) >= 11 is 0.987. The number of aliphatic imine (C=N–C) groups is 1. The highest BCUT2D eigenvalue weighted by molar-refractivity contribution is 14.0. The molecule has 0 fully saturated rings. The summed E-state index contributed by atoms with van der Waals surface area (Å²) in [5.74, 6) is 0.396. The Labute approximate surface area is 201 Å². The van der Waals surface area contributed by atoms with Gasteiger partial charge in [0.2, 0.25) is 0 Å². The van der Waals surface area contributed by atoms with Gasteiger partial charge in [-0.2, -0.15) is 13.2 Å². The first-order valence-corrected chi connectivity index (χ1v) is 10.5. The van der Waals surface area contributed by atoms with Gasteiger partial charge in [0.1, 0.15) is 0 Å². The van der Waals surface area contributed by atoms with Crippen molar-refractivity contribution in [3.05, 3.63) is 51.5 Å². The molecule has 0 radical (unpaired) electrons. The molecule has 11 heteroatoms. The van der Waals surface area contributed by atoms with Gasteiger partial charge in [0.05, 0.1) is 5.01 Å². The minimum absolute atomic E-state index is 0. The van der Waals surface area contributed by atoms with E-state index in [0.717, 1.165) is 28.7 Å². The highest BCUT2D eigenvalue weighted by Crippen LogP contribution is 2.29. The first-order valence-electron chi connectivity index (χ1n) is 9.58. The lowest BCUT2D eigenvalue weighted by Crippen LogP contribution is -2.38. The molecule has 0 aliphatic carbocycles. The van der Waals surface area contributed by atoms with E-state index in [1.54, 1.807) is 13.1 Å². The fraction of sp³-hybridized carbons (Fsp3) is 0.450. The highest BCUT2D eigenvalue weighted by Gasteiger charge is 2.33. The van der Waals surface area contributed by atoms with E-state index in [1.807, 2.05) is 32.0 Å². The molecule has 1 heterocycles. The van der Waals surface area contributed by atoms with Crippen LogP contribution in [0.1, 0.15) is 46.9 Å². The zero-order chi connectivity index (χ0) is 22.1. The third-order valence-corrected chi connectivity index (χ3v) is 5.24. The maximum atomic E-state index is 12.6. The third-order valence-electron chi connectivity index (χ3n) is 4.34. The van der Waals surface area contributed by atoms with Crippen molar-refractivity contribution in [2.45, 2.75) is 45.5 Å². The minimum atomic E-state index is -4.42. The summed E-state index contributed by atoms with van der Waals surface area (Å²) in [5.41, 5.74) is 0.633. The first kappa shape index (κ1) is 27.1. The summed E-state index contributed by atoms with van der Waals surface area (Å²) in [4.78, 5) is 20.0. The SMILES string of the molecule is CCC(C)NC(=O)c1cccc(CNC(=NC)NCCc2nc(C(F)(F)F)cs2)c1.I. The van der Waals surface area contributed by atoms with Crippen LogP contribution in [0.2, 0.25) is 0 Å². The Hall–Kier alpha value is -1.89. The molecule has 0 aliphatic heterocycles. The highest BCUT2D eigenvalue weighted by atomic mass is 127. The van der Waals surface area contributed by atoms with Gasteiger partial charge in [-0.1, -0.05) is 19.1 Å². The topological polar surface area (TPSA) is 78.4 Å². The predicted molar refractivity (Wildman–Crippen MR) is 128 cm³/mol. The fourth-order valence-corrected chi connectivity index (χ4v) is 3.29. The van der Waals surface area contributed by atoms with Crippen LogP contribution in [0.15, 0.2) is 34.6 Å². The number of hydrogen-bond donors (Lipinski definition) is 3. The van der Waals surface area contributed by atoms with Crippen LogP contribution in [0.25, 0.3) is 0 Å². The Morgan fingerprint density at radius 3 is 2.65 bits per heavy atom. The summed E-state index contributed by atoms with van der Waals surface area (Å²) in [5, 5.41) is 10.5. The number of benzene rings is 1. The van der Waals surface area contributed by atoms with Crippen LogP contribution >= 0.6 is 35.3 Å². The number of thiazole rings is 1. The number of halogens is 4. The van der Waals surface area contributed by atoms with Crippen molar-refractivity contribution in [3.8, 4) is 0 Å². The van der Waals surface area contributed by atoms with Crippen LogP contribution in [0.4, 0.5) is 13.2 Å². The average Bonchev–Trinajstić information content (AvgIpc) is 3.20. The molecule has 31 heavy (non-hydrogen) atoms. The lowest BCUT2D eigenvalue weighted by molar-refractivity contribution is -0.140. The molecule has 1 unspecified atom stereocenters. The molecule has 3 N–H and O–H groups in total. The predicted octanol–water partition coefficient (Wildman–Crippen LogP) is 4.22. The molecule has 2 aromatic rings. The Bertz CT molecular complexity index is 872. The summed E-state index contributed by atoms with van der Waals surface area (Å²) in [7, 11) is 1.61. The standard InChI is InChI=1S/C20H26F3N5OS.HI/c1-4-13(2)27-18(29)15-7-5-6-14(10-15)11-26-19(24-3)25-9-8-17-28-16(12-30-17)20(21,22)23;/h5-7,10,12-13H,4,8-9,11H2,1-3H3,(H,27,29)(H2,24,25,26);1H. The van der Waals surface area contributed by atoms with Gasteiger partial charge in [0, 0.05) is 43.5 Å². The van der Waals surface area contributed by atoms with E-state index in [-0.39, 0.29) is 35.9 Å². The van der Waals surface area contributed by atoms with Crippen molar-refractivity contribution >= 4 is 47.2 Å². The Kier molecular flexibility index (Phi) is 11.2. The summed E-state index contributed by atoms with van der Waals surface area (Å²) < 4.78 is 37.8. The second-order valence-corrected chi connectivity index (χ2v) is 7.65. The lowest BCUT2D eigenvalue weighted by Gasteiger charge is -2.13. The Morgan fingerprint density at radius 1 is 1.29 bits per heavy atom. The van der Waals surface area contributed by atoms with Gasteiger partial charge < -0.3 is 16.0 Å². The number of amides is 1. The molecule has 6 nitrogen and oxygen atoms in total. The second kappa shape index (κ2) is 12.8. The van der Waals surface area contributed by atoms with E-state index < -0.39 is 11.9 Å². The molecule has 1 aromatic carbocycles. The second-order valence-electron chi connectivity index (χ2n) is 6.71. The van der Waals surface area contributed by atoms with Gasteiger partial charge in [0.25, 0.3) is 5.91 Å². The zero-order valence-corrected chi connectivity index (χ0v) is 20.7.